The van der Waals surface area contributed by atoms with Crippen molar-refractivity contribution in [2.75, 3.05) is 26.1 Å². The summed E-state index contributed by atoms with van der Waals surface area (Å²) in [5.41, 5.74) is -0.104. The van der Waals surface area contributed by atoms with E-state index in [1.165, 1.54) is 0 Å². The van der Waals surface area contributed by atoms with E-state index in [1.807, 2.05) is 6.92 Å². The maximum Gasteiger partial charge on any atom is 0.256 e. The molecular formula is C19H28ClNO4. The minimum absolute atomic E-state index is 0.102. The van der Waals surface area contributed by atoms with Crippen LogP contribution in [-0.4, -0.2) is 38.4 Å². The molecule has 2 rings (SSSR count). The van der Waals surface area contributed by atoms with E-state index in [4.69, 9.17) is 25.8 Å². The number of halogens is 1. The minimum Gasteiger partial charge on any atom is -0.487 e. The summed E-state index contributed by atoms with van der Waals surface area (Å²) in [6, 6.07) is 5.25. The molecule has 0 saturated heterocycles. The van der Waals surface area contributed by atoms with Gasteiger partial charge in [-0.3, -0.25) is 4.79 Å². The first kappa shape index (κ1) is 20.0. The second-order valence-corrected chi connectivity index (χ2v) is 7.00. The third kappa shape index (κ3) is 5.33. The number of nitrogens with one attached hydrogen (secondary N) is 1. The number of ether oxygens (including phenoxy) is 3. The Kier molecular flexibility index (Phi) is 7.54. The second kappa shape index (κ2) is 9.41. The number of hydrogen-bond donors (Lipinski definition) is 1. The van der Waals surface area contributed by atoms with Crippen molar-refractivity contribution in [1.29, 1.82) is 0 Å². The normalized spacial score (nSPS) is 18.2. The zero-order valence-corrected chi connectivity index (χ0v) is 16.0. The predicted octanol–water partition coefficient (Wildman–Crippen LogP) is 4.43. The van der Waals surface area contributed by atoms with Gasteiger partial charge in [0, 0.05) is 19.9 Å². The lowest BCUT2D eigenvalue weighted by molar-refractivity contribution is -0.139. The van der Waals surface area contributed by atoms with Crippen LogP contribution in [0.4, 0.5) is 5.69 Å². The highest BCUT2D eigenvalue weighted by Gasteiger charge is 2.38. The molecule has 0 aromatic heterocycles. The summed E-state index contributed by atoms with van der Waals surface area (Å²) in [6.07, 6.45) is 5.70. The Balaban J connectivity index is 2.06. The van der Waals surface area contributed by atoms with Gasteiger partial charge in [0.1, 0.15) is 17.5 Å². The zero-order valence-electron chi connectivity index (χ0n) is 15.3. The van der Waals surface area contributed by atoms with Gasteiger partial charge < -0.3 is 19.5 Å². The van der Waals surface area contributed by atoms with Crippen LogP contribution in [0, 0.1) is 0 Å². The number of methoxy groups -OCH3 is 2. The van der Waals surface area contributed by atoms with Crippen LogP contribution in [0.15, 0.2) is 18.2 Å². The average Bonchev–Trinajstić information content (AvgIpc) is 2.84. The molecule has 0 aliphatic heterocycles. The van der Waals surface area contributed by atoms with E-state index in [9.17, 15) is 4.79 Å². The monoisotopic (exact) mass is 369 g/mol. The third-order valence-electron chi connectivity index (χ3n) is 4.64. The molecule has 1 aliphatic rings. The van der Waals surface area contributed by atoms with E-state index in [-0.39, 0.29) is 12.0 Å². The topological polar surface area (TPSA) is 56.8 Å². The first-order chi connectivity index (χ1) is 12.0. The number of amides is 1. The van der Waals surface area contributed by atoms with Gasteiger partial charge in [-0.2, -0.15) is 0 Å². The minimum atomic E-state index is -0.745. The maximum absolute atomic E-state index is 12.8. The van der Waals surface area contributed by atoms with Gasteiger partial charge in [-0.1, -0.05) is 37.3 Å². The lowest BCUT2D eigenvalue weighted by atomic mass is 9.93. The molecule has 0 unspecified atom stereocenters. The van der Waals surface area contributed by atoms with Gasteiger partial charge in [0.2, 0.25) is 0 Å². The standard InChI is InChI=1S/C19H28ClNO4/c1-14(13-23-2)25-17-9-8-15(12-16(17)20)21-18(22)19(24-3)10-6-4-5-7-11-19/h8-9,12,14H,4-7,10-11,13H2,1-3H3,(H,21,22)/t14-/m1/s1. The molecule has 1 saturated carbocycles. The number of carbonyl (C=O) groups is 1. The summed E-state index contributed by atoms with van der Waals surface area (Å²) in [5, 5.41) is 3.40. The molecule has 5 nitrogen and oxygen atoms in total. The molecule has 0 radical (unpaired) electrons. The van der Waals surface area contributed by atoms with Crippen LogP contribution < -0.4 is 10.1 Å². The molecule has 1 N–H and O–H groups in total. The molecule has 25 heavy (non-hydrogen) atoms. The highest BCUT2D eigenvalue weighted by Crippen LogP contribution is 2.33. The summed E-state index contributed by atoms with van der Waals surface area (Å²) in [4.78, 5) is 12.8. The van der Waals surface area contributed by atoms with Gasteiger partial charge in [0.25, 0.3) is 5.91 Å². The van der Waals surface area contributed by atoms with Crippen molar-refractivity contribution >= 4 is 23.2 Å². The predicted molar refractivity (Wildman–Crippen MR) is 99.5 cm³/mol. The second-order valence-electron chi connectivity index (χ2n) is 6.60. The quantitative estimate of drug-likeness (QED) is 0.722. The molecule has 0 heterocycles. The molecule has 1 aromatic carbocycles. The molecule has 1 aliphatic carbocycles. The zero-order chi connectivity index (χ0) is 18.3. The Morgan fingerprint density at radius 1 is 1.24 bits per heavy atom. The Bertz CT molecular complexity index is 571. The van der Waals surface area contributed by atoms with E-state index in [0.717, 1.165) is 38.5 Å². The Morgan fingerprint density at radius 3 is 2.48 bits per heavy atom. The number of benzene rings is 1. The molecule has 0 spiro atoms. The van der Waals surface area contributed by atoms with Crippen LogP contribution in [0.3, 0.4) is 0 Å². The van der Waals surface area contributed by atoms with Crippen LogP contribution in [0.5, 0.6) is 5.75 Å². The number of carbonyl (C=O) groups excluding carboxylic acids is 1. The number of rotatable bonds is 7. The van der Waals surface area contributed by atoms with Crippen LogP contribution in [0.2, 0.25) is 5.02 Å². The SMILES string of the molecule is COC[C@@H](C)Oc1ccc(NC(=O)C2(OC)CCCCCC2)cc1Cl. The van der Waals surface area contributed by atoms with E-state index in [2.05, 4.69) is 5.32 Å². The van der Waals surface area contributed by atoms with Crippen molar-refractivity contribution in [2.45, 2.75) is 57.2 Å². The fourth-order valence-electron chi connectivity index (χ4n) is 3.23. The van der Waals surface area contributed by atoms with Gasteiger partial charge in [-0.05, 0) is 38.0 Å². The Labute approximate surface area is 155 Å². The number of anilines is 1. The summed E-state index contributed by atoms with van der Waals surface area (Å²) >= 11 is 6.29. The lowest BCUT2D eigenvalue weighted by Gasteiger charge is -2.30. The highest BCUT2D eigenvalue weighted by atomic mass is 35.5. The summed E-state index contributed by atoms with van der Waals surface area (Å²) in [6.45, 7) is 2.38. The van der Waals surface area contributed by atoms with Crippen LogP contribution in [0.1, 0.15) is 45.4 Å². The molecule has 1 aromatic rings. The van der Waals surface area contributed by atoms with Gasteiger partial charge in [0.05, 0.1) is 11.6 Å². The Hall–Kier alpha value is -1.30. The molecule has 140 valence electrons. The van der Waals surface area contributed by atoms with Crippen molar-refractivity contribution < 1.29 is 19.0 Å². The van der Waals surface area contributed by atoms with Crippen molar-refractivity contribution in [3.05, 3.63) is 23.2 Å². The van der Waals surface area contributed by atoms with E-state index in [1.54, 1.807) is 32.4 Å². The van der Waals surface area contributed by atoms with E-state index >= 15 is 0 Å². The van der Waals surface area contributed by atoms with Crippen molar-refractivity contribution in [1.82, 2.24) is 0 Å². The Morgan fingerprint density at radius 2 is 1.92 bits per heavy atom. The van der Waals surface area contributed by atoms with Crippen molar-refractivity contribution in [2.24, 2.45) is 0 Å². The van der Waals surface area contributed by atoms with Crippen molar-refractivity contribution in [3.8, 4) is 5.75 Å². The molecular weight excluding hydrogens is 342 g/mol. The average molecular weight is 370 g/mol. The maximum atomic E-state index is 12.8. The van der Waals surface area contributed by atoms with Crippen LogP contribution >= 0.6 is 11.6 Å². The molecule has 1 atom stereocenters. The first-order valence-electron chi connectivity index (χ1n) is 8.82. The van der Waals surface area contributed by atoms with Crippen molar-refractivity contribution in [3.63, 3.8) is 0 Å². The summed E-state index contributed by atoms with van der Waals surface area (Å²) in [5.74, 6) is 0.467. The lowest BCUT2D eigenvalue weighted by Crippen LogP contribution is -2.44. The fourth-order valence-corrected chi connectivity index (χ4v) is 3.45. The van der Waals surface area contributed by atoms with E-state index in [0.29, 0.717) is 23.1 Å². The van der Waals surface area contributed by atoms with Gasteiger partial charge in [-0.15, -0.1) is 0 Å². The smallest absolute Gasteiger partial charge is 0.256 e. The largest absolute Gasteiger partial charge is 0.487 e. The first-order valence-corrected chi connectivity index (χ1v) is 9.20. The molecule has 0 bridgehead atoms. The molecule has 1 amide bonds. The highest BCUT2D eigenvalue weighted by molar-refractivity contribution is 6.32. The van der Waals surface area contributed by atoms with Gasteiger partial charge >= 0.3 is 0 Å². The van der Waals surface area contributed by atoms with Crippen LogP contribution in [0.25, 0.3) is 0 Å². The van der Waals surface area contributed by atoms with Crippen LogP contribution in [-0.2, 0) is 14.3 Å². The molecule has 1 fully saturated rings. The number of hydrogen-bond acceptors (Lipinski definition) is 4. The van der Waals surface area contributed by atoms with Gasteiger partial charge in [0.15, 0.2) is 0 Å². The van der Waals surface area contributed by atoms with E-state index < -0.39 is 5.60 Å². The third-order valence-corrected chi connectivity index (χ3v) is 4.93. The molecule has 6 heteroatoms. The summed E-state index contributed by atoms with van der Waals surface area (Å²) < 4.78 is 16.4. The summed E-state index contributed by atoms with van der Waals surface area (Å²) in [7, 11) is 3.24. The van der Waals surface area contributed by atoms with Gasteiger partial charge in [-0.25, -0.2) is 0 Å². The fraction of sp³-hybridized carbons (Fsp3) is 0.632.